The smallest absolute Gasteiger partial charge is 0.326 e. The van der Waals surface area contributed by atoms with E-state index < -0.39 is 41.9 Å². The number of hydrogen-bond acceptors (Lipinski definition) is 7. The minimum Gasteiger partial charge on any atom is -0.480 e. The van der Waals surface area contributed by atoms with Crippen molar-refractivity contribution in [1.29, 1.82) is 0 Å². The van der Waals surface area contributed by atoms with Crippen molar-refractivity contribution in [3.63, 3.8) is 0 Å². The van der Waals surface area contributed by atoms with Crippen LogP contribution >= 0.6 is 12.6 Å². The van der Waals surface area contributed by atoms with Gasteiger partial charge >= 0.3 is 11.9 Å². The molecule has 25 heavy (non-hydrogen) atoms. The standard InChI is InChI=1S/C14H26N4O6S/c15-6-2-1-3-9(14(23)24)18-12(20)10(7-25)17-11(19)5-4-8(16)13(21)22/h8-10,25H,1-7,15-16H2,(H,17,19)(H,18,20)(H,21,22)(H,23,24)/t8-,9-,10-/m1/s1/i4+1,5+1,8+1,11+1,13+1,16+1. The van der Waals surface area contributed by atoms with E-state index in [0.717, 1.165) is 0 Å². The van der Waals surface area contributed by atoms with Crippen LogP contribution in [0, 0.1) is 0 Å². The van der Waals surface area contributed by atoms with Crippen LogP contribution in [0.2, 0.25) is 0 Å². The van der Waals surface area contributed by atoms with E-state index >= 15 is 0 Å². The summed E-state index contributed by atoms with van der Waals surface area (Å²) in [6.45, 7) is 0.425. The van der Waals surface area contributed by atoms with Crippen LogP contribution in [0.3, 0.4) is 0 Å². The van der Waals surface area contributed by atoms with Crippen molar-refractivity contribution in [3.05, 3.63) is 0 Å². The second-order valence-electron chi connectivity index (χ2n) is 5.47. The van der Waals surface area contributed by atoms with Crippen LogP contribution in [0.1, 0.15) is 32.1 Å². The lowest BCUT2D eigenvalue weighted by atomic mass is 10.1. The van der Waals surface area contributed by atoms with Gasteiger partial charge in [-0.15, -0.1) is 0 Å². The Kier molecular flexibility index (Phi) is 11.6. The molecule has 0 unspecified atom stereocenters. The Bertz CT molecular complexity index is 476. The highest BCUT2D eigenvalue weighted by Crippen LogP contribution is 2.03. The van der Waals surface area contributed by atoms with Crippen molar-refractivity contribution in [2.24, 2.45) is 11.5 Å². The number of carbonyl (C=O) groups excluding carboxylic acids is 2. The van der Waals surface area contributed by atoms with Crippen molar-refractivity contribution < 1.29 is 29.4 Å². The molecule has 11 heteroatoms. The summed E-state index contributed by atoms with van der Waals surface area (Å²) in [5.74, 6) is -3.69. The third kappa shape index (κ3) is 9.89. The van der Waals surface area contributed by atoms with Gasteiger partial charge in [0.25, 0.3) is 0 Å². The van der Waals surface area contributed by atoms with Gasteiger partial charge in [-0.25, -0.2) is 4.79 Å². The van der Waals surface area contributed by atoms with Crippen LogP contribution < -0.4 is 22.1 Å². The lowest BCUT2D eigenvalue weighted by Crippen LogP contribution is -2.52. The molecule has 0 saturated heterocycles. The number of carboxylic acid groups (broad SMARTS) is 2. The number of hydrogen-bond donors (Lipinski definition) is 7. The van der Waals surface area contributed by atoms with Crippen molar-refractivity contribution in [2.45, 2.75) is 50.2 Å². The van der Waals surface area contributed by atoms with Crippen LogP contribution in [-0.4, -0.2) is 64.4 Å². The first-order valence-corrected chi connectivity index (χ1v) is 8.48. The first-order valence-electron chi connectivity index (χ1n) is 7.84. The first kappa shape index (κ1) is 23.1. The Morgan fingerprint density at radius 3 is 2.08 bits per heavy atom. The average Bonchev–Trinajstić information content (AvgIpc) is 2.56. The number of amides is 2. The van der Waals surface area contributed by atoms with E-state index in [0.29, 0.717) is 19.4 Å². The lowest BCUT2D eigenvalue weighted by Gasteiger charge is -2.20. The van der Waals surface area contributed by atoms with Gasteiger partial charge in [-0.3, -0.25) is 14.4 Å². The molecule has 144 valence electrons. The number of carboxylic acids is 2. The third-order valence-electron chi connectivity index (χ3n) is 3.40. The molecule has 0 heterocycles. The fourth-order valence-electron chi connectivity index (χ4n) is 1.89. The maximum atomic E-state index is 12.1. The highest BCUT2D eigenvalue weighted by atomic mass is 32.1. The molecule has 0 aliphatic rings. The normalized spacial score (nSPS) is 14.2. The highest BCUT2D eigenvalue weighted by molar-refractivity contribution is 7.80. The summed E-state index contributed by atoms with van der Waals surface area (Å²) in [6, 6.07) is -3.29. The van der Waals surface area contributed by atoms with E-state index in [2.05, 4.69) is 23.3 Å². The van der Waals surface area contributed by atoms with Crippen LogP contribution in [0.15, 0.2) is 0 Å². The number of rotatable bonds is 13. The van der Waals surface area contributed by atoms with Gasteiger partial charge in [0.15, 0.2) is 0 Å². The topological polar surface area (TPSA) is 185 Å². The van der Waals surface area contributed by atoms with E-state index in [4.69, 9.17) is 21.7 Å². The number of unbranched alkanes of at least 4 members (excludes halogenated alkanes) is 1. The molecule has 0 aliphatic carbocycles. The zero-order chi connectivity index (χ0) is 19.4. The molecule has 10 nitrogen and oxygen atoms in total. The van der Waals surface area contributed by atoms with Crippen LogP contribution in [-0.2, 0) is 19.2 Å². The van der Waals surface area contributed by atoms with Crippen molar-refractivity contribution in [1.82, 2.24) is 10.6 Å². The molecule has 0 fully saturated rings. The summed E-state index contributed by atoms with van der Waals surface area (Å²) < 4.78 is 0. The first-order chi connectivity index (χ1) is 11.7. The molecule has 0 bridgehead atoms. The Labute approximate surface area is 151 Å². The molecule has 0 rings (SSSR count). The van der Waals surface area contributed by atoms with Crippen LogP contribution in [0.5, 0.6) is 0 Å². The summed E-state index contributed by atoms with van der Waals surface area (Å²) in [4.78, 5) is 45.7. The molecule has 8 N–H and O–H groups in total. The summed E-state index contributed by atoms with van der Waals surface area (Å²) in [6.07, 6.45) is 1.14. The fourth-order valence-corrected chi connectivity index (χ4v) is 2.15. The summed E-state index contributed by atoms with van der Waals surface area (Å²) in [5.41, 5.74) is 10.6. The number of carbonyl (C=O) groups is 4. The second kappa shape index (κ2) is 12.5. The predicted molar refractivity (Wildman–Crippen MR) is 93.1 cm³/mol. The SMILES string of the molecule is NCCCC[C@@H](NC(=O)[C@@H](CS)N[13C](=O)[13CH2][13CH2][13C@@H]([15NH2])[13C](=O)O)C(=O)O. The molecule has 0 aromatic heterocycles. The quantitative estimate of drug-likeness (QED) is 0.0846. The number of nitrogens with two attached hydrogens (primary N) is 2. The lowest BCUT2D eigenvalue weighted by molar-refractivity contribution is -0.142. The van der Waals surface area contributed by atoms with Gasteiger partial charge in [-0.2, -0.15) is 12.6 Å². The van der Waals surface area contributed by atoms with E-state index in [9.17, 15) is 19.2 Å². The van der Waals surface area contributed by atoms with Gasteiger partial charge < -0.3 is 32.3 Å². The van der Waals surface area contributed by atoms with E-state index in [-0.39, 0.29) is 25.0 Å². The van der Waals surface area contributed by atoms with Crippen molar-refractivity contribution >= 4 is 36.4 Å². The molecule has 0 radical (unpaired) electrons. The summed E-state index contributed by atoms with van der Waals surface area (Å²) in [5, 5.41) is 22.5. The van der Waals surface area contributed by atoms with Crippen LogP contribution in [0.25, 0.3) is 0 Å². The summed E-state index contributed by atoms with van der Waals surface area (Å²) in [7, 11) is 0. The van der Waals surface area contributed by atoms with Crippen LogP contribution in [0.4, 0.5) is 0 Å². The van der Waals surface area contributed by atoms with E-state index in [1.807, 2.05) is 0 Å². The fraction of sp³-hybridized carbons (Fsp3) is 0.714. The molecular weight excluding hydrogens is 358 g/mol. The number of nitrogens with one attached hydrogen (secondary N) is 2. The van der Waals surface area contributed by atoms with E-state index in [1.165, 1.54) is 0 Å². The van der Waals surface area contributed by atoms with Gasteiger partial charge in [0, 0.05) is 12.2 Å². The van der Waals surface area contributed by atoms with Gasteiger partial charge in [0.2, 0.25) is 11.8 Å². The van der Waals surface area contributed by atoms with E-state index in [1.54, 1.807) is 0 Å². The molecule has 0 aromatic rings. The van der Waals surface area contributed by atoms with Crippen molar-refractivity contribution in [2.75, 3.05) is 12.3 Å². The number of thiol groups is 1. The Morgan fingerprint density at radius 1 is 0.960 bits per heavy atom. The Morgan fingerprint density at radius 2 is 1.60 bits per heavy atom. The molecule has 0 aromatic carbocycles. The van der Waals surface area contributed by atoms with Gasteiger partial charge in [0.05, 0.1) is 0 Å². The summed E-state index contributed by atoms with van der Waals surface area (Å²) >= 11 is 3.97. The highest BCUT2D eigenvalue weighted by Gasteiger charge is 2.25. The molecule has 2 amide bonds. The zero-order valence-electron chi connectivity index (χ0n) is 13.8. The largest absolute Gasteiger partial charge is 0.480 e. The molecule has 0 spiro atoms. The van der Waals surface area contributed by atoms with Gasteiger partial charge in [-0.05, 0) is 32.2 Å². The Balaban J connectivity index is 4.54. The number of aliphatic carboxylic acids is 2. The monoisotopic (exact) mass is 384 g/mol. The molecule has 0 aliphatic heterocycles. The van der Waals surface area contributed by atoms with Crippen molar-refractivity contribution in [3.8, 4) is 0 Å². The minimum atomic E-state index is -1.22. The average molecular weight is 384 g/mol. The maximum absolute atomic E-state index is 12.1. The second-order valence-corrected chi connectivity index (χ2v) is 5.84. The van der Waals surface area contributed by atoms with Gasteiger partial charge in [0.1, 0.15) is 18.1 Å². The maximum Gasteiger partial charge on any atom is 0.326 e. The molecule has 0 saturated carbocycles. The minimum absolute atomic E-state index is 0.0440. The molecular formula is C14H26N4O6S. The van der Waals surface area contributed by atoms with Gasteiger partial charge in [-0.1, -0.05) is 0 Å². The third-order valence-corrected chi connectivity index (χ3v) is 3.76. The predicted octanol–water partition coefficient (Wildman–Crippen LogP) is -1.71. The zero-order valence-corrected chi connectivity index (χ0v) is 14.7. The molecule has 3 atom stereocenters. The Hall–Kier alpha value is -1.85.